The second kappa shape index (κ2) is 3.69. The zero-order valence-corrected chi connectivity index (χ0v) is 6.54. The number of aliphatic carboxylic acids is 1. The van der Waals surface area contributed by atoms with Gasteiger partial charge in [0, 0.05) is 6.54 Å². The quantitative estimate of drug-likeness (QED) is 0.603. The summed E-state index contributed by atoms with van der Waals surface area (Å²) in [4.78, 5) is 10.4. The molecule has 0 bridgehead atoms. The zero-order valence-electron chi connectivity index (χ0n) is 6.54. The molecule has 1 saturated heterocycles. The van der Waals surface area contributed by atoms with Crippen molar-refractivity contribution in [1.82, 2.24) is 5.32 Å². The number of carboxylic acid groups (broad SMARTS) is 1. The summed E-state index contributed by atoms with van der Waals surface area (Å²) >= 11 is 0. The van der Waals surface area contributed by atoms with Gasteiger partial charge in [-0.05, 0) is 12.8 Å². The first-order chi connectivity index (χ1) is 5.24. The van der Waals surface area contributed by atoms with E-state index in [9.17, 15) is 4.79 Å². The predicted molar refractivity (Wildman–Crippen MR) is 39.2 cm³/mol. The third-order valence-corrected chi connectivity index (χ3v) is 1.80. The van der Waals surface area contributed by atoms with E-state index in [0.29, 0.717) is 0 Å². The van der Waals surface area contributed by atoms with Crippen LogP contribution in [0, 0.1) is 0 Å². The normalized spacial score (nSPS) is 31.7. The highest BCUT2D eigenvalue weighted by molar-refractivity contribution is 5.71. The molecule has 1 rings (SSSR count). The highest BCUT2D eigenvalue weighted by Gasteiger charge is 2.25. The van der Waals surface area contributed by atoms with Crippen molar-refractivity contribution >= 4 is 5.97 Å². The smallest absolute Gasteiger partial charge is 0.348 e. The van der Waals surface area contributed by atoms with Crippen LogP contribution in [0.1, 0.15) is 19.8 Å². The van der Waals surface area contributed by atoms with Gasteiger partial charge in [-0.3, -0.25) is 5.32 Å². The lowest BCUT2D eigenvalue weighted by molar-refractivity contribution is -0.161. The standard InChI is InChI=1S/C7H13NO3/c1-2-5-3-4-8-6(11-5)7(9)10/h5-6,8H,2-4H2,1H3,(H,9,10). The van der Waals surface area contributed by atoms with Crippen LogP contribution >= 0.6 is 0 Å². The van der Waals surface area contributed by atoms with Gasteiger partial charge in [0.2, 0.25) is 6.23 Å². The average Bonchev–Trinajstić information content (AvgIpc) is 2.05. The van der Waals surface area contributed by atoms with E-state index < -0.39 is 12.2 Å². The zero-order chi connectivity index (χ0) is 8.27. The van der Waals surface area contributed by atoms with Gasteiger partial charge in [0.05, 0.1) is 6.10 Å². The molecule has 1 aliphatic rings. The van der Waals surface area contributed by atoms with Gasteiger partial charge in [0.1, 0.15) is 0 Å². The largest absolute Gasteiger partial charge is 0.478 e. The number of carbonyl (C=O) groups is 1. The molecule has 2 atom stereocenters. The molecule has 0 aromatic carbocycles. The Bertz CT molecular complexity index is 149. The minimum atomic E-state index is -0.928. The van der Waals surface area contributed by atoms with E-state index in [1.807, 2.05) is 6.92 Å². The van der Waals surface area contributed by atoms with Crippen LogP contribution < -0.4 is 5.32 Å². The van der Waals surface area contributed by atoms with E-state index in [0.717, 1.165) is 19.4 Å². The number of carboxylic acids is 1. The molecule has 4 nitrogen and oxygen atoms in total. The van der Waals surface area contributed by atoms with Crippen molar-refractivity contribution in [3.05, 3.63) is 0 Å². The maximum absolute atomic E-state index is 10.4. The summed E-state index contributed by atoms with van der Waals surface area (Å²) < 4.78 is 5.19. The first kappa shape index (κ1) is 8.49. The van der Waals surface area contributed by atoms with Crippen LogP contribution in [-0.2, 0) is 9.53 Å². The SMILES string of the molecule is CCC1CCNC(C(=O)O)O1. The molecule has 1 heterocycles. The van der Waals surface area contributed by atoms with Crippen LogP contribution in [0.4, 0.5) is 0 Å². The summed E-state index contributed by atoms with van der Waals surface area (Å²) in [6.07, 6.45) is 1.09. The summed E-state index contributed by atoms with van der Waals surface area (Å²) in [5.74, 6) is -0.928. The van der Waals surface area contributed by atoms with E-state index in [-0.39, 0.29) is 6.10 Å². The lowest BCUT2D eigenvalue weighted by atomic mass is 10.2. The Balaban J connectivity index is 2.39. The molecule has 0 spiro atoms. The van der Waals surface area contributed by atoms with Crippen LogP contribution in [0.2, 0.25) is 0 Å². The fourth-order valence-corrected chi connectivity index (χ4v) is 1.13. The molecule has 2 N–H and O–H groups in total. The van der Waals surface area contributed by atoms with Gasteiger partial charge in [-0.15, -0.1) is 0 Å². The summed E-state index contributed by atoms with van der Waals surface area (Å²) in [5.41, 5.74) is 0. The Morgan fingerprint density at radius 2 is 2.55 bits per heavy atom. The van der Waals surface area contributed by atoms with E-state index in [1.165, 1.54) is 0 Å². The third kappa shape index (κ3) is 2.17. The second-order valence-electron chi connectivity index (χ2n) is 2.63. The molecular formula is C7H13NO3. The Morgan fingerprint density at radius 1 is 1.82 bits per heavy atom. The van der Waals surface area contributed by atoms with Crippen LogP contribution in [0.15, 0.2) is 0 Å². The lowest BCUT2D eigenvalue weighted by Crippen LogP contribution is -2.47. The van der Waals surface area contributed by atoms with Crippen LogP contribution in [0.3, 0.4) is 0 Å². The molecule has 64 valence electrons. The number of hydrogen-bond acceptors (Lipinski definition) is 3. The van der Waals surface area contributed by atoms with Crippen molar-refractivity contribution in [2.45, 2.75) is 32.1 Å². The molecule has 0 aromatic heterocycles. The maximum atomic E-state index is 10.4. The van der Waals surface area contributed by atoms with Gasteiger partial charge >= 0.3 is 5.97 Å². The van der Waals surface area contributed by atoms with E-state index in [1.54, 1.807) is 0 Å². The van der Waals surface area contributed by atoms with Crippen LogP contribution in [0.5, 0.6) is 0 Å². The van der Waals surface area contributed by atoms with E-state index in [4.69, 9.17) is 9.84 Å². The maximum Gasteiger partial charge on any atom is 0.348 e. The van der Waals surface area contributed by atoms with Crippen molar-refractivity contribution < 1.29 is 14.6 Å². The Labute approximate surface area is 65.5 Å². The van der Waals surface area contributed by atoms with E-state index in [2.05, 4.69) is 5.32 Å². The molecule has 1 aliphatic heterocycles. The number of hydrogen-bond donors (Lipinski definition) is 2. The highest BCUT2D eigenvalue weighted by atomic mass is 16.5. The van der Waals surface area contributed by atoms with Gasteiger partial charge < -0.3 is 9.84 Å². The third-order valence-electron chi connectivity index (χ3n) is 1.80. The van der Waals surface area contributed by atoms with Gasteiger partial charge in [0.15, 0.2) is 0 Å². The highest BCUT2D eigenvalue weighted by Crippen LogP contribution is 2.10. The molecule has 2 unspecified atom stereocenters. The number of nitrogens with one attached hydrogen (secondary N) is 1. The first-order valence-electron chi connectivity index (χ1n) is 3.85. The Kier molecular flexibility index (Phi) is 2.84. The van der Waals surface area contributed by atoms with Crippen molar-refractivity contribution in [3.8, 4) is 0 Å². The molecule has 1 fully saturated rings. The fraction of sp³-hybridized carbons (Fsp3) is 0.857. The molecule has 0 saturated carbocycles. The first-order valence-corrected chi connectivity index (χ1v) is 3.85. The van der Waals surface area contributed by atoms with Crippen molar-refractivity contribution in [3.63, 3.8) is 0 Å². The average molecular weight is 159 g/mol. The minimum absolute atomic E-state index is 0.109. The molecule has 0 amide bonds. The number of rotatable bonds is 2. The summed E-state index contributed by atoms with van der Waals surface area (Å²) in [6, 6.07) is 0. The molecule has 0 aliphatic carbocycles. The predicted octanol–water partition coefficient (Wildman–Crippen LogP) is 0.186. The van der Waals surface area contributed by atoms with Gasteiger partial charge in [-0.25, -0.2) is 4.79 Å². The second-order valence-corrected chi connectivity index (χ2v) is 2.63. The lowest BCUT2D eigenvalue weighted by Gasteiger charge is -2.27. The van der Waals surface area contributed by atoms with Crippen molar-refractivity contribution in [2.24, 2.45) is 0 Å². The minimum Gasteiger partial charge on any atom is -0.478 e. The summed E-state index contributed by atoms with van der Waals surface area (Å²) in [6.45, 7) is 2.73. The molecule has 0 aromatic rings. The number of ether oxygens (including phenoxy) is 1. The Hall–Kier alpha value is -0.610. The molecule has 11 heavy (non-hydrogen) atoms. The fourth-order valence-electron chi connectivity index (χ4n) is 1.13. The van der Waals surface area contributed by atoms with Gasteiger partial charge in [0.25, 0.3) is 0 Å². The molecule has 4 heteroatoms. The topological polar surface area (TPSA) is 58.6 Å². The summed E-state index contributed by atoms with van der Waals surface area (Å²) in [7, 11) is 0. The van der Waals surface area contributed by atoms with Crippen molar-refractivity contribution in [2.75, 3.05) is 6.54 Å². The Morgan fingerprint density at radius 3 is 3.09 bits per heavy atom. The van der Waals surface area contributed by atoms with Crippen molar-refractivity contribution in [1.29, 1.82) is 0 Å². The molecular weight excluding hydrogens is 146 g/mol. The molecule has 0 radical (unpaired) electrons. The van der Waals surface area contributed by atoms with Crippen LogP contribution in [-0.4, -0.2) is 30.0 Å². The van der Waals surface area contributed by atoms with Gasteiger partial charge in [-0.2, -0.15) is 0 Å². The van der Waals surface area contributed by atoms with Crippen LogP contribution in [0.25, 0.3) is 0 Å². The van der Waals surface area contributed by atoms with Gasteiger partial charge in [-0.1, -0.05) is 6.92 Å². The summed E-state index contributed by atoms with van der Waals surface area (Å²) in [5, 5.41) is 11.3. The van der Waals surface area contributed by atoms with E-state index >= 15 is 0 Å². The monoisotopic (exact) mass is 159 g/mol.